The van der Waals surface area contributed by atoms with E-state index in [4.69, 9.17) is 5.11 Å². The summed E-state index contributed by atoms with van der Waals surface area (Å²) in [6.45, 7) is 9.31. The minimum Gasteiger partial charge on any atom is -0.481 e. The number of carbonyl (C=O) groups excluding carboxylic acids is 1. The third-order valence-electron chi connectivity index (χ3n) is 10.6. The minimum absolute atomic E-state index is 0.100. The summed E-state index contributed by atoms with van der Waals surface area (Å²) < 4.78 is 0. The van der Waals surface area contributed by atoms with Crippen molar-refractivity contribution < 1.29 is 19.8 Å². The molecule has 9 atom stereocenters. The van der Waals surface area contributed by atoms with Crippen molar-refractivity contribution >= 4 is 11.8 Å². The van der Waals surface area contributed by atoms with Gasteiger partial charge < -0.3 is 10.2 Å². The lowest BCUT2D eigenvalue weighted by atomic mass is 9.46. The molecular formula is C28H44O4. The van der Waals surface area contributed by atoms with Crippen molar-refractivity contribution in [2.24, 2.45) is 46.3 Å². The molecular weight excluding hydrogens is 400 g/mol. The van der Waals surface area contributed by atoms with Gasteiger partial charge in [-0.15, -0.1) is 0 Å². The highest BCUT2D eigenvalue weighted by Crippen LogP contribution is 2.66. The van der Waals surface area contributed by atoms with Gasteiger partial charge in [0.05, 0.1) is 6.10 Å². The number of carboxylic acid groups (broad SMARTS) is 1. The molecule has 0 amide bonds. The summed E-state index contributed by atoms with van der Waals surface area (Å²) in [5.74, 6) is 2.32. The molecule has 4 heteroatoms. The maximum atomic E-state index is 13.4. The van der Waals surface area contributed by atoms with Gasteiger partial charge in [-0.2, -0.15) is 0 Å². The van der Waals surface area contributed by atoms with Crippen molar-refractivity contribution in [2.75, 3.05) is 0 Å². The first-order valence-corrected chi connectivity index (χ1v) is 13.2. The molecule has 2 N–H and O–H groups in total. The van der Waals surface area contributed by atoms with E-state index in [9.17, 15) is 14.7 Å². The van der Waals surface area contributed by atoms with E-state index in [1.165, 1.54) is 31.3 Å². The molecule has 3 saturated carbocycles. The summed E-state index contributed by atoms with van der Waals surface area (Å²) in [6, 6.07) is 0. The molecule has 4 nitrogen and oxygen atoms in total. The lowest BCUT2D eigenvalue weighted by Gasteiger charge is -2.57. The maximum absolute atomic E-state index is 13.4. The quantitative estimate of drug-likeness (QED) is 0.503. The van der Waals surface area contributed by atoms with E-state index < -0.39 is 5.97 Å². The summed E-state index contributed by atoms with van der Waals surface area (Å²) in [7, 11) is 0. The fourth-order valence-corrected chi connectivity index (χ4v) is 8.75. The van der Waals surface area contributed by atoms with Crippen LogP contribution in [0.4, 0.5) is 0 Å². The number of hydrogen-bond acceptors (Lipinski definition) is 3. The second-order valence-electron chi connectivity index (χ2n) is 12.5. The van der Waals surface area contributed by atoms with Crippen LogP contribution in [0, 0.1) is 46.3 Å². The van der Waals surface area contributed by atoms with Crippen LogP contribution in [0.5, 0.6) is 0 Å². The van der Waals surface area contributed by atoms with Crippen molar-refractivity contribution in [3.8, 4) is 0 Å². The summed E-state index contributed by atoms with van der Waals surface area (Å²) >= 11 is 0. The monoisotopic (exact) mass is 444 g/mol. The summed E-state index contributed by atoms with van der Waals surface area (Å²) in [5.41, 5.74) is 1.58. The zero-order valence-electron chi connectivity index (χ0n) is 20.6. The smallest absolute Gasteiger partial charge is 0.303 e. The Kier molecular flexibility index (Phi) is 6.66. The van der Waals surface area contributed by atoms with Gasteiger partial charge >= 0.3 is 5.97 Å². The highest BCUT2D eigenvalue weighted by molar-refractivity contribution is 5.94. The van der Waals surface area contributed by atoms with E-state index in [0.717, 1.165) is 32.1 Å². The molecule has 4 rings (SSSR count). The second-order valence-corrected chi connectivity index (χ2v) is 12.5. The Hall–Kier alpha value is -1.16. The molecule has 4 aliphatic rings. The Morgan fingerprint density at radius 2 is 1.84 bits per heavy atom. The summed E-state index contributed by atoms with van der Waals surface area (Å²) in [5, 5.41) is 19.2. The van der Waals surface area contributed by atoms with Gasteiger partial charge in [-0.3, -0.25) is 9.59 Å². The molecule has 0 aliphatic heterocycles. The predicted octanol–water partition coefficient (Wildman–Crippen LogP) is 6.02. The molecule has 0 saturated heterocycles. The number of carboxylic acids is 1. The number of carbonyl (C=O) groups is 2. The lowest BCUT2D eigenvalue weighted by Crippen LogP contribution is -2.53. The third kappa shape index (κ3) is 4.10. The minimum atomic E-state index is -0.691. The number of aliphatic hydroxyl groups is 1. The first kappa shape index (κ1) is 24.0. The summed E-state index contributed by atoms with van der Waals surface area (Å²) in [6.07, 6.45) is 12.6. The van der Waals surface area contributed by atoms with E-state index in [1.54, 1.807) is 0 Å². The van der Waals surface area contributed by atoms with Crippen LogP contribution in [0.1, 0.15) is 98.3 Å². The van der Waals surface area contributed by atoms with Gasteiger partial charge in [0, 0.05) is 12.3 Å². The van der Waals surface area contributed by atoms with Gasteiger partial charge in [-0.25, -0.2) is 0 Å². The first-order chi connectivity index (χ1) is 15.1. The van der Waals surface area contributed by atoms with E-state index in [1.807, 2.05) is 13.0 Å². The van der Waals surface area contributed by atoms with Gasteiger partial charge in [0.1, 0.15) is 0 Å². The SMILES string of the molecule is CC(CCCC(C)C1CCC2C3C(=O)C=C4CC(O)CC[C@]4(C)C3CC[C@]12C)CC(=O)O. The van der Waals surface area contributed by atoms with Gasteiger partial charge in [0.25, 0.3) is 0 Å². The topological polar surface area (TPSA) is 74.6 Å². The van der Waals surface area contributed by atoms with Crippen LogP contribution in [0.2, 0.25) is 0 Å². The number of hydrogen-bond donors (Lipinski definition) is 2. The highest BCUT2D eigenvalue weighted by Gasteiger charge is 2.61. The summed E-state index contributed by atoms with van der Waals surface area (Å²) in [4.78, 5) is 24.4. The molecule has 3 fully saturated rings. The van der Waals surface area contributed by atoms with E-state index >= 15 is 0 Å². The average Bonchev–Trinajstić information content (AvgIpc) is 3.06. The molecule has 0 aromatic carbocycles. The number of rotatable bonds is 7. The van der Waals surface area contributed by atoms with E-state index in [2.05, 4.69) is 20.8 Å². The van der Waals surface area contributed by atoms with Crippen molar-refractivity contribution in [3.63, 3.8) is 0 Å². The number of aliphatic hydroxyl groups excluding tert-OH is 1. The van der Waals surface area contributed by atoms with Crippen LogP contribution >= 0.6 is 0 Å². The van der Waals surface area contributed by atoms with Crippen LogP contribution in [-0.4, -0.2) is 28.1 Å². The van der Waals surface area contributed by atoms with Gasteiger partial charge in [0.15, 0.2) is 5.78 Å². The highest BCUT2D eigenvalue weighted by atomic mass is 16.4. The molecule has 32 heavy (non-hydrogen) atoms. The zero-order chi connectivity index (χ0) is 23.3. The third-order valence-corrected chi connectivity index (χ3v) is 10.6. The lowest BCUT2D eigenvalue weighted by molar-refractivity contribution is -0.138. The van der Waals surface area contributed by atoms with Crippen molar-refractivity contribution in [1.29, 1.82) is 0 Å². The Morgan fingerprint density at radius 1 is 1.09 bits per heavy atom. The van der Waals surface area contributed by atoms with Crippen molar-refractivity contribution in [3.05, 3.63) is 11.6 Å². The Morgan fingerprint density at radius 3 is 2.56 bits per heavy atom. The van der Waals surface area contributed by atoms with Crippen LogP contribution in [0.15, 0.2) is 11.6 Å². The molecule has 0 spiro atoms. The molecule has 0 heterocycles. The van der Waals surface area contributed by atoms with Crippen LogP contribution < -0.4 is 0 Å². The van der Waals surface area contributed by atoms with Gasteiger partial charge in [-0.05, 0) is 91.4 Å². The predicted molar refractivity (Wildman–Crippen MR) is 126 cm³/mol. The van der Waals surface area contributed by atoms with Crippen LogP contribution in [0.3, 0.4) is 0 Å². The average molecular weight is 445 g/mol. The Balaban J connectivity index is 1.45. The fourth-order valence-electron chi connectivity index (χ4n) is 8.75. The Bertz CT molecular complexity index is 771. The molecule has 0 aromatic rings. The van der Waals surface area contributed by atoms with Crippen LogP contribution in [0.25, 0.3) is 0 Å². The van der Waals surface area contributed by atoms with Crippen molar-refractivity contribution in [1.82, 2.24) is 0 Å². The molecule has 4 aliphatic carbocycles. The van der Waals surface area contributed by atoms with E-state index in [0.29, 0.717) is 35.9 Å². The molecule has 0 bridgehead atoms. The first-order valence-electron chi connectivity index (χ1n) is 13.2. The maximum Gasteiger partial charge on any atom is 0.303 e. The van der Waals surface area contributed by atoms with E-state index in [-0.39, 0.29) is 35.2 Å². The Labute approximate surface area is 194 Å². The standard InChI is InChI=1S/C28H44O4/c1-17(14-25(31)32)6-5-7-18(2)21-8-9-22-26-23(11-13-28(21,22)4)27(3)12-10-20(29)15-19(27)16-24(26)30/h16-18,20-23,26,29H,5-15H2,1-4H3,(H,31,32)/t17?,18?,20?,21?,22?,23?,26?,27-,28+/m0/s1. The second kappa shape index (κ2) is 8.89. The number of fused-ring (bicyclic) bond motifs is 5. The number of allylic oxidation sites excluding steroid dienone is 1. The zero-order valence-corrected chi connectivity index (χ0v) is 20.6. The normalized spacial score (nSPS) is 43.0. The molecule has 0 aromatic heterocycles. The fraction of sp³-hybridized carbons (Fsp3) is 0.857. The largest absolute Gasteiger partial charge is 0.481 e. The van der Waals surface area contributed by atoms with Crippen LogP contribution in [-0.2, 0) is 9.59 Å². The molecule has 0 radical (unpaired) electrons. The van der Waals surface area contributed by atoms with Crippen molar-refractivity contribution in [2.45, 2.75) is 104 Å². The van der Waals surface area contributed by atoms with Gasteiger partial charge in [0.2, 0.25) is 0 Å². The van der Waals surface area contributed by atoms with Gasteiger partial charge in [-0.1, -0.05) is 52.5 Å². The molecule has 180 valence electrons. The molecule has 7 unspecified atom stereocenters. The number of aliphatic carboxylic acids is 1. The number of ketones is 1.